The molecule has 0 unspecified atom stereocenters. The predicted octanol–water partition coefficient (Wildman–Crippen LogP) is 2.17. The summed E-state index contributed by atoms with van der Waals surface area (Å²) < 4.78 is 32.7. The number of ether oxygens (including phenoxy) is 1. The minimum atomic E-state index is -0.903. The molecule has 1 heterocycles. The molecule has 1 aliphatic rings. The minimum absolute atomic E-state index is 0.0322. The highest BCUT2D eigenvalue weighted by molar-refractivity contribution is 6.31. The lowest BCUT2D eigenvalue weighted by atomic mass is 10.1. The van der Waals surface area contributed by atoms with Crippen molar-refractivity contribution in [2.45, 2.75) is 13.2 Å². The van der Waals surface area contributed by atoms with Crippen LogP contribution in [-0.4, -0.2) is 38.2 Å². The third-order valence-electron chi connectivity index (χ3n) is 3.22. The van der Waals surface area contributed by atoms with Crippen LogP contribution in [0.1, 0.15) is 11.1 Å². The van der Waals surface area contributed by atoms with Gasteiger partial charge in [0, 0.05) is 56.0 Å². The summed E-state index contributed by atoms with van der Waals surface area (Å²) in [5, 5.41) is 3.43. The van der Waals surface area contributed by atoms with Gasteiger partial charge in [-0.25, -0.2) is 8.78 Å². The van der Waals surface area contributed by atoms with E-state index in [9.17, 15) is 8.78 Å². The van der Waals surface area contributed by atoms with E-state index in [1.165, 1.54) is 13.2 Å². The van der Waals surface area contributed by atoms with Gasteiger partial charge in [-0.05, 0) is 6.07 Å². The molecule has 0 spiro atoms. The molecule has 1 aromatic carbocycles. The molecule has 3 nitrogen and oxygen atoms in total. The van der Waals surface area contributed by atoms with Crippen molar-refractivity contribution in [1.29, 1.82) is 0 Å². The maximum atomic E-state index is 14.0. The quantitative estimate of drug-likeness (QED) is 0.860. The SMILES string of the molecule is COCc1c(Cl)cc(CN2CCNCC2)c(F)c1F. The summed E-state index contributed by atoms with van der Waals surface area (Å²) in [5.74, 6) is -1.73. The van der Waals surface area contributed by atoms with E-state index in [0.717, 1.165) is 26.2 Å². The molecular formula is C13H17ClF2N2O. The van der Waals surface area contributed by atoms with Gasteiger partial charge in [0.2, 0.25) is 0 Å². The summed E-state index contributed by atoms with van der Waals surface area (Å²) in [6, 6.07) is 1.50. The predicted molar refractivity (Wildman–Crippen MR) is 70.2 cm³/mol. The molecule has 1 saturated heterocycles. The Morgan fingerprint density at radius 1 is 1.32 bits per heavy atom. The van der Waals surface area contributed by atoms with E-state index in [0.29, 0.717) is 12.1 Å². The van der Waals surface area contributed by atoms with E-state index in [1.54, 1.807) is 0 Å². The largest absolute Gasteiger partial charge is 0.380 e. The van der Waals surface area contributed by atoms with Crippen LogP contribution in [0.5, 0.6) is 0 Å². The summed E-state index contributed by atoms with van der Waals surface area (Å²) in [6.07, 6.45) is 0. The zero-order chi connectivity index (χ0) is 13.8. The summed E-state index contributed by atoms with van der Waals surface area (Å²) in [7, 11) is 1.42. The highest BCUT2D eigenvalue weighted by Crippen LogP contribution is 2.26. The molecule has 6 heteroatoms. The van der Waals surface area contributed by atoms with Gasteiger partial charge in [0.25, 0.3) is 0 Å². The van der Waals surface area contributed by atoms with E-state index < -0.39 is 11.6 Å². The van der Waals surface area contributed by atoms with Crippen molar-refractivity contribution in [2.75, 3.05) is 33.3 Å². The number of nitrogens with zero attached hydrogens (tertiary/aromatic N) is 1. The van der Waals surface area contributed by atoms with Gasteiger partial charge in [-0.3, -0.25) is 4.90 Å². The molecule has 0 aliphatic carbocycles. The average Bonchev–Trinajstić information content (AvgIpc) is 2.42. The number of methoxy groups -OCH3 is 1. The monoisotopic (exact) mass is 290 g/mol. The van der Waals surface area contributed by atoms with Gasteiger partial charge in [0.15, 0.2) is 11.6 Å². The Balaban J connectivity index is 2.21. The Kier molecular flexibility index (Phi) is 5.10. The van der Waals surface area contributed by atoms with Crippen LogP contribution in [0.2, 0.25) is 5.02 Å². The fraction of sp³-hybridized carbons (Fsp3) is 0.538. The van der Waals surface area contributed by atoms with Crippen molar-refractivity contribution in [3.63, 3.8) is 0 Å². The van der Waals surface area contributed by atoms with Crippen LogP contribution in [0.4, 0.5) is 8.78 Å². The molecule has 0 radical (unpaired) electrons. The van der Waals surface area contributed by atoms with Crippen molar-refractivity contribution >= 4 is 11.6 Å². The number of nitrogens with one attached hydrogen (secondary N) is 1. The molecular weight excluding hydrogens is 274 g/mol. The number of halogens is 3. The lowest BCUT2D eigenvalue weighted by Crippen LogP contribution is -2.43. The van der Waals surface area contributed by atoms with Crippen LogP contribution in [0, 0.1) is 11.6 Å². The first kappa shape index (κ1) is 14.7. The lowest BCUT2D eigenvalue weighted by Gasteiger charge is -2.27. The summed E-state index contributed by atoms with van der Waals surface area (Å²) in [5.41, 5.74) is 0.370. The summed E-state index contributed by atoms with van der Waals surface area (Å²) in [4.78, 5) is 2.07. The van der Waals surface area contributed by atoms with E-state index in [4.69, 9.17) is 16.3 Å². The van der Waals surface area contributed by atoms with Crippen molar-refractivity contribution in [3.8, 4) is 0 Å². The Hall–Kier alpha value is -0.750. The number of rotatable bonds is 4. The Labute approximate surface area is 116 Å². The molecule has 1 aliphatic heterocycles. The fourth-order valence-corrected chi connectivity index (χ4v) is 2.45. The molecule has 0 bridgehead atoms. The van der Waals surface area contributed by atoms with E-state index >= 15 is 0 Å². The molecule has 1 N–H and O–H groups in total. The second-order valence-electron chi connectivity index (χ2n) is 4.58. The van der Waals surface area contributed by atoms with Crippen molar-refractivity contribution in [3.05, 3.63) is 33.9 Å². The highest BCUT2D eigenvalue weighted by atomic mass is 35.5. The van der Waals surface area contributed by atoms with Gasteiger partial charge in [-0.15, -0.1) is 0 Å². The third kappa shape index (κ3) is 3.42. The first-order chi connectivity index (χ1) is 9.13. The molecule has 1 fully saturated rings. The van der Waals surface area contributed by atoms with Crippen molar-refractivity contribution in [1.82, 2.24) is 10.2 Å². The molecule has 106 valence electrons. The summed E-state index contributed by atoms with van der Waals surface area (Å²) >= 11 is 5.99. The van der Waals surface area contributed by atoms with Crippen LogP contribution in [0.3, 0.4) is 0 Å². The van der Waals surface area contributed by atoms with E-state index in [2.05, 4.69) is 10.2 Å². The fourth-order valence-electron chi connectivity index (χ4n) is 2.18. The molecule has 0 aromatic heterocycles. The van der Waals surface area contributed by atoms with Crippen LogP contribution in [-0.2, 0) is 17.9 Å². The first-order valence-corrected chi connectivity index (χ1v) is 6.58. The third-order valence-corrected chi connectivity index (χ3v) is 3.56. The lowest BCUT2D eigenvalue weighted by molar-refractivity contribution is 0.180. The number of hydrogen-bond acceptors (Lipinski definition) is 3. The Morgan fingerprint density at radius 3 is 2.63 bits per heavy atom. The minimum Gasteiger partial charge on any atom is -0.380 e. The molecule has 2 rings (SSSR count). The van der Waals surface area contributed by atoms with Gasteiger partial charge in [0.1, 0.15) is 0 Å². The van der Waals surface area contributed by atoms with Gasteiger partial charge in [-0.2, -0.15) is 0 Å². The molecule has 0 amide bonds. The van der Waals surface area contributed by atoms with E-state index in [1.807, 2.05) is 0 Å². The van der Waals surface area contributed by atoms with Crippen LogP contribution >= 0.6 is 11.6 Å². The zero-order valence-electron chi connectivity index (χ0n) is 10.8. The van der Waals surface area contributed by atoms with Crippen LogP contribution < -0.4 is 5.32 Å². The number of piperazine rings is 1. The van der Waals surface area contributed by atoms with Gasteiger partial charge >= 0.3 is 0 Å². The Bertz CT molecular complexity index is 451. The van der Waals surface area contributed by atoms with E-state index in [-0.39, 0.29) is 17.2 Å². The zero-order valence-corrected chi connectivity index (χ0v) is 11.6. The topological polar surface area (TPSA) is 24.5 Å². The van der Waals surface area contributed by atoms with Crippen molar-refractivity contribution < 1.29 is 13.5 Å². The van der Waals surface area contributed by atoms with Crippen LogP contribution in [0.25, 0.3) is 0 Å². The second-order valence-corrected chi connectivity index (χ2v) is 4.99. The standard InChI is InChI=1S/C13H17ClF2N2O/c1-19-8-10-11(14)6-9(12(15)13(10)16)7-18-4-2-17-3-5-18/h6,17H,2-5,7-8H2,1H3. The second kappa shape index (κ2) is 6.61. The molecule has 19 heavy (non-hydrogen) atoms. The molecule has 0 atom stereocenters. The maximum absolute atomic E-state index is 14.0. The molecule has 0 saturated carbocycles. The normalized spacial score (nSPS) is 16.8. The van der Waals surface area contributed by atoms with Gasteiger partial charge in [0.05, 0.1) is 6.61 Å². The maximum Gasteiger partial charge on any atom is 0.166 e. The average molecular weight is 291 g/mol. The molecule has 1 aromatic rings. The number of benzene rings is 1. The first-order valence-electron chi connectivity index (χ1n) is 6.20. The van der Waals surface area contributed by atoms with Crippen molar-refractivity contribution in [2.24, 2.45) is 0 Å². The van der Waals surface area contributed by atoms with Gasteiger partial charge in [-0.1, -0.05) is 11.6 Å². The number of hydrogen-bond donors (Lipinski definition) is 1. The highest BCUT2D eigenvalue weighted by Gasteiger charge is 2.19. The van der Waals surface area contributed by atoms with Crippen LogP contribution in [0.15, 0.2) is 6.07 Å². The van der Waals surface area contributed by atoms with Gasteiger partial charge < -0.3 is 10.1 Å². The Morgan fingerprint density at radius 2 is 2.00 bits per heavy atom. The smallest absolute Gasteiger partial charge is 0.166 e. The summed E-state index contributed by atoms with van der Waals surface area (Å²) in [6.45, 7) is 3.70.